The molecule has 0 bridgehead atoms. The quantitative estimate of drug-likeness (QED) is 0.257. The van der Waals surface area contributed by atoms with Crippen molar-refractivity contribution in [2.45, 2.75) is 43.2 Å². The fraction of sp³-hybridized carbons (Fsp3) is 0.424. The number of rotatable bonds is 14. The van der Waals surface area contributed by atoms with Gasteiger partial charge in [0, 0.05) is 25.7 Å². The summed E-state index contributed by atoms with van der Waals surface area (Å²) in [7, 11) is 0.408. The van der Waals surface area contributed by atoms with Gasteiger partial charge in [-0.05, 0) is 87.0 Å². The van der Waals surface area contributed by atoms with Crippen molar-refractivity contribution >= 4 is 15.9 Å². The molecule has 1 saturated carbocycles. The second-order valence-electron chi connectivity index (χ2n) is 11.2. The molecule has 1 aliphatic rings. The summed E-state index contributed by atoms with van der Waals surface area (Å²) in [5, 5.41) is 2.99. The fourth-order valence-corrected chi connectivity index (χ4v) is 7.25. The van der Waals surface area contributed by atoms with E-state index in [9.17, 15) is 17.6 Å². The molecule has 1 unspecified atom stereocenters. The monoisotopic (exact) mass is 595 g/mol. The van der Waals surface area contributed by atoms with Crippen LogP contribution in [0.15, 0.2) is 89.8 Å². The molecule has 1 N–H and O–H groups in total. The van der Waals surface area contributed by atoms with Gasteiger partial charge >= 0.3 is 0 Å². The average molecular weight is 596 g/mol. The summed E-state index contributed by atoms with van der Waals surface area (Å²) in [4.78, 5) is 14.9. The number of halogens is 1. The molecule has 7 nitrogen and oxygen atoms in total. The Morgan fingerprint density at radius 2 is 1.55 bits per heavy atom. The number of benzene rings is 3. The highest BCUT2D eigenvalue weighted by Gasteiger charge is 2.30. The highest BCUT2D eigenvalue weighted by Crippen LogP contribution is 2.39. The van der Waals surface area contributed by atoms with E-state index in [1.807, 2.05) is 42.5 Å². The smallest absolute Gasteiger partial charge is 0.246 e. The molecule has 0 radical (unpaired) electrons. The average Bonchev–Trinajstić information content (AvgIpc) is 3.00. The van der Waals surface area contributed by atoms with Crippen LogP contribution in [0.3, 0.4) is 0 Å². The third-order valence-electron chi connectivity index (χ3n) is 7.99. The summed E-state index contributed by atoms with van der Waals surface area (Å²) in [5.74, 6) is 0.460. The summed E-state index contributed by atoms with van der Waals surface area (Å²) in [5.41, 5.74) is 2.01. The summed E-state index contributed by atoms with van der Waals surface area (Å²) in [6.45, 7) is 0.928. The lowest BCUT2D eigenvalue weighted by atomic mass is 9.76. The molecule has 42 heavy (non-hydrogen) atoms. The normalized spacial score (nSPS) is 18.2. The number of hydrogen-bond acceptors (Lipinski definition) is 5. The molecule has 3 aromatic rings. The number of hydrogen-bond donors (Lipinski definition) is 1. The van der Waals surface area contributed by atoms with Gasteiger partial charge in [-0.3, -0.25) is 4.79 Å². The molecule has 0 spiro atoms. The second-order valence-corrected chi connectivity index (χ2v) is 13.2. The van der Waals surface area contributed by atoms with Gasteiger partial charge in [-0.2, -0.15) is 4.31 Å². The van der Waals surface area contributed by atoms with Crippen molar-refractivity contribution in [3.05, 3.63) is 102 Å². The Balaban J connectivity index is 1.21. The van der Waals surface area contributed by atoms with Crippen molar-refractivity contribution < 1.29 is 22.3 Å². The molecule has 1 fully saturated rings. The van der Waals surface area contributed by atoms with Crippen LogP contribution in [0.5, 0.6) is 0 Å². The molecule has 0 heterocycles. The molecule has 3 aromatic carbocycles. The minimum atomic E-state index is -3.73. The van der Waals surface area contributed by atoms with E-state index in [1.165, 1.54) is 16.4 Å². The van der Waals surface area contributed by atoms with Gasteiger partial charge in [0.15, 0.2) is 0 Å². The van der Waals surface area contributed by atoms with Crippen LogP contribution in [0.25, 0.3) is 0 Å². The first-order valence-electron chi connectivity index (χ1n) is 14.6. The first-order valence-corrected chi connectivity index (χ1v) is 16.0. The van der Waals surface area contributed by atoms with Gasteiger partial charge < -0.3 is 15.0 Å². The number of carbonyl (C=O) groups is 1. The van der Waals surface area contributed by atoms with E-state index in [4.69, 9.17) is 4.74 Å². The highest BCUT2D eigenvalue weighted by molar-refractivity contribution is 7.89. The van der Waals surface area contributed by atoms with Crippen LogP contribution < -0.4 is 5.32 Å². The molecule has 1 amide bonds. The number of nitrogens with zero attached hydrogens (tertiary/aromatic N) is 2. The van der Waals surface area contributed by atoms with Crippen LogP contribution in [0.1, 0.15) is 42.9 Å². The van der Waals surface area contributed by atoms with Crippen molar-refractivity contribution in [3.8, 4) is 0 Å². The minimum Gasteiger partial charge on any atom is -0.370 e. The summed E-state index contributed by atoms with van der Waals surface area (Å²) in [6, 6.07) is 24.8. The van der Waals surface area contributed by atoms with Gasteiger partial charge in [0.2, 0.25) is 15.9 Å². The summed E-state index contributed by atoms with van der Waals surface area (Å²) < 4.78 is 47.1. The SMILES string of the molecule is CN(C)C(c1ccc(F)cc1)C1CCC(CNC(=O)COCCN(Cc2ccccc2)S(=O)(=O)c2ccccc2)CC1. The van der Waals surface area contributed by atoms with Crippen LogP contribution in [-0.2, 0) is 26.1 Å². The first kappa shape index (κ1) is 31.8. The van der Waals surface area contributed by atoms with Gasteiger partial charge in [0.1, 0.15) is 12.4 Å². The van der Waals surface area contributed by atoms with Crippen LogP contribution >= 0.6 is 0 Å². The van der Waals surface area contributed by atoms with Crippen LogP contribution in [-0.4, -0.2) is 63.9 Å². The number of nitrogens with one attached hydrogen (secondary N) is 1. The standard InChI is InChI=1S/C33H42FN3O4S/c1-36(2)33(29-17-19-30(34)20-18-29)28-15-13-26(14-16-28)23-35-32(38)25-41-22-21-37(24-27-9-5-3-6-10-27)42(39,40)31-11-7-4-8-12-31/h3-12,17-20,26,28,33H,13-16,21-25H2,1-2H3,(H,35,38). The zero-order valence-electron chi connectivity index (χ0n) is 24.5. The Hall–Kier alpha value is -3.11. The van der Waals surface area contributed by atoms with Crippen molar-refractivity contribution in [1.29, 1.82) is 0 Å². The van der Waals surface area contributed by atoms with Crippen LogP contribution in [0.2, 0.25) is 0 Å². The Kier molecular flexibility index (Phi) is 11.7. The van der Waals surface area contributed by atoms with E-state index < -0.39 is 10.0 Å². The Morgan fingerprint density at radius 3 is 2.17 bits per heavy atom. The molecule has 0 saturated heterocycles. The molecule has 226 valence electrons. The van der Waals surface area contributed by atoms with Crippen molar-refractivity contribution in [1.82, 2.24) is 14.5 Å². The zero-order valence-corrected chi connectivity index (χ0v) is 25.3. The molecule has 0 aromatic heterocycles. The van der Waals surface area contributed by atoms with E-state index >= 15 is 0 Å². The maximum absolute atomic E-state index is 13.4. The number of carbonyl (C=O) groups excluding carboxylic acids is 1. The predicted molar refractivity (Wildman–Crippen MR) is 163 cm³/mol. The van der Waals surface area contributed by atoms with Gasteiger partial charge in [0.05, 0.1) is 11.5 Å². The van der Waals surface area contributed by atoms with E-state index in [0.29, 0.717) is 18.4 Å². The number of amides is 1. The van der Waals surface area contributed by atoms with Crippen LogP contribution in [0.4, 0.5) is 4.39 Å². The Morgan fingerprint density at radius 1 is 0.929 bits per heavy atom. The second kappa shape index (κ2) is 15.4. The molecular weight excluding hydrogens is 553 g/mol. The zero-order chi connectivity index (χ0) is 30.0. The van der Waals surface area contributed by atoms with Gasteiger partial charge in [-0.1, -0.05) is 60.7 Å². The third-order valence-corrected chi connectivity index (χ3v) is 9.85. The van der Waals surface area contributed by atoms with Crippen molar-refractivity contribution in [3.63, 3.8) is 0 Å². The van der Waals surface area contributed by atoms with Gasteiger partial charge in [0.25, 0.3) is 0 Å². The molecule has 0 aliphatic heterocycles. The van der Waals surface area contributed by atoms with E-state index in [0.717, 1.165) is 36.8 Å². The largest absolute Gasteiger partial charge is 0.370 e. The molecular formula is C33H42FN3O4S. The summed E-state index contributed by atoms with van der Waals surface area (Å²) >= 11 is 0. The lowest BCUT2D eigenvalue weighted by Crippen LogP contribution is -2.37. The minimum absolute atomic E-state index is 0.104. The molecule has 1 aliphatic carbocycles. The fourth-order valence-electron chi connectivity index (χ4n) is 5.81. The topological polar surface area (TPSA) is 79.0 Å². The number of ether oxygens (including phenoxy) is 1. The lowest BCUT2D eigenvalue weighted by Gasteiger charge is -2.37. The third kappa shape index (κ3) is 8.94. The van der Waals surface area contributed by atoms with E-state index in [2.05, 4.69) is 24.3 Å². The first-order chi connectivity index (χ1) is 20.2. The van der Waals surface area contributed by atoms with E-state index in [-0.39, 0.29) is 49.0 Å². The van der Waals surface area contributed by atoms with Crippen molar-refractivity contribution in [2.75, 3.05) is 40.4 Å². The maximum atomic E-state index is 13.4. The van der Waals surface area contributed by atoms with Crippen LogP contribution in [0, 0.1) is 17.7 Å². The molecule has 9 heteroatoms. The maximum Gasteiger partial charge on any atom is 0.246 e. The lowest BCUT2D eigenvalue weighted by molar-refractivity contribution is -0.126. The molecule has 4 rings (SSSR count). The number of sulfonamides is 1. The van der Waals surface area contributed by atoms with E-state index in [1.54, 1.807) is 30.3 Å². The van der Waals surface area contributed by atoms with Gasteiger partial charge in [-0.25, -0.2) is 12.8 Å². The molecule has 1 atom stereocenters. The van der Waals surface area contributed by atoms with Crippen molar-refractivity contribution in [2.24, 2.45) is 11.8 Å². The predicted octanol–water partition coefficient (Wildman–Crippen LogP) is 5.26. The van der Waals surface area contributed by atoms with Gasteiger partial charge in [-0.15, -0.1) is 0 Å². The Bertz CT molecular complexity index is 1350. The summed E-state index contributed by atoms with van der Waals surface area (Å²) in [6.07, 6.45) is 4.13. The highest BCUT2D eigenvalue weighted by atomic mass is 32.2. The Labute approximate surface area is 249 Å².